The second kappa shape index (κ2) is 32.6. The number of aliphatic hydroxyl groups is 2. The van der Waals surface area contributed by atoms with E-state index in [1.807, 2.05) is 0 Å². The van der Waals surface area contributed by atoms with E-state index in [4.69, 9.17) is 0 Å². The molecule has 3 N–H and O–H groups in total. The summed E-state index contributed by atoms with van der Waals surface area (Å²) in [5.74, 6) is -0.0372. The standard InChI is InChI=1S/C36H71NO3/c1-3-5-7-9-11-13-15-16-17-18-19-20-22-24-26-28-30-32-36(40)37-34(33-38)35(39)31-29-27-25-23-21-14-12-10-8-6-4-2/h16-17,34-35,38-39H,3-15,18-33H2,1-2H3,(H,37,40)/b17-16+/t34-,35+/m0/s1. The number of carbonyl (C=O) groups is 1. The Morgan fingerprint density at radius 2 is 0.950 bits per heavy atom. The molecule has 0 heterocycles. The maximum atomic E-state index is 12.3. The number of rotatable bonds is 32. The minimum atomic E-state index is -0.655. The predicted molar refractivity (Wildman–Crippen MR) is 175 cm³/mol. The van der Waals surface area contributed by atoms with Crippen LogP contribution in [0.3, 0.4) is 0 Å². The van der Waals surface area contributed by atoms with Gasteiger partial charge in [-0.25, -0.2) is 0 Å². The van der Waals surface area contributed by atoms with Gasteiger partial charge in [0.05, 0.1) is 18.8 Å². The van der Waals surface area contributed by atoms with E-state index in [9.17, 15) is 15.0 Å². The Morgan fingerprint density at radius 1 is 0.575 bits per heavy atom. The zero-order valence-corrected chi connectivity index (χ0v) is 27.1. The van der Waals surface area contributed by atoms with Gasteiger partial charge in [0.25, 0.3) is 0 Å². The summed E-state index contributed by atoms with van der Waals surface area (Å²) >= 11 is 0. The fourth-order valence-corrected chi connectivity index (χ4v) is 5.47. The molecule has 0 radical (unpaired) electrons. The van der Waals surface area contributed by atoms with Crippen molar-refractivity contribution in [3.63, 3.8) is 0 Å². The first-order valence-electron chi connectivity index (χ1n) is 17.9. The second-order valence-corrected chi connectivity index (χ2v) is 12.3. The second-order valence-electron chi connectivity index (χ2n) is 12.3. The summed E-state index contributed by atoms with van der Waals surface area (Å²) in [5, 5.41) is 23.0. The molecule has 1 amide bonds. The number of allylic oxidation sites excluding steroid dienone is 2. The van der Waals surface area contributed by atoms with Gasteiger partial charge in [0, 0.05) is 6.42 Å². The lowest BCUT2D eigenvalue weighted by Gasteiger charge is -2.22. The molecular formula is C36H71NO3. The molecule has 0 aromatic rings. The van der Waals surface area contributed by atoms with Gasteiger partial charge in [-0.05, 0) is 38.5 Å². The summed E-state index contributed by atoms with van der Waals surface area (Å²) < 4.78 is 0. The van der Waals surface area contributed by atoms with Crippen molar-refractivity contribution in [3.8, 4) is 0 Å². The van der Waals surface area contributed by atoms with Crippen LogP contribution in [0.2, 0.25) is 0 Å². The molecule has 0 saturated heterocycles. The molecule has 0 aromatic heterocycles. The van der Waals surface area contributed by atoms with Gasteiger partial charge < -0.3 is 15.5 Å². The maximum Gasteiger partial charge on any atom is 0.220 e. The number of aliphatic hydroxyl groups excluding tert-OH is 2. The number of unbranched alkanes of at least 4 members (excludes halogenated alkanes) is 23. The van der Waals surface area contributed by atoms with Crippen LogP contribution >= 0.6 is 0 Å². The normalized spacial score (nSPS) is 13.2. The summed E-state index contributed by atoms with van der Waals surface area (Å²) in [6, 6.07) is -0.532. The summed E-state index contributed by atoms with van der Waals surface area (Å²) in [6.45, 7) is 4.33. The average molecular weight is 566 g/mol. The van der Waals surface area contributed by atoms with Crippen LogP contribution in [-0.4, -0.2) is 34.9 Å². The number of hydrogen-bond donors (Lipinski definition) is 3. The molecule has 0 aliphatic rings. The smallest absolute Gasteiger partial charge is 0.220 e. The third-order valence-corrected chi connectivity index (χ3v) is 8.28. The van der Waals surface area contributed by atoms with Crippen molar-refractivity contribution in [1.29, 1.82) is 0 Å². The summed E-state index contributed by atoms with van der Waals surface area (Å²) in [7, 11) is 0. The molecule has 4 nitrogen and oxygen atoms in total. The van der Waals surface area contributed by atoms with Gasteiger partial charge in [0.1, 0.15) is 0 Å². The van der Waals surface area contributed by atoms with E-state index in [1.54, 1.807) is 0 Å². The van der Waals surface area contributed by atoms with Crippen LogP contribution < -0.4 is 5.32 Å². The third kappa shape index (κ3) is 28.7. The Hall–Kier alpha value is -0.870. The van der Waals surface area contributed by atoms with Crippen LogP contribution in [0.5, 0.6) is 0 Å². The van der Waals surface area contributed by atoms with Crippen molar-refractivity contribution < 1.29 is 15.0 Å². The van der Waals surface area contributed by atoms with Crippen molar-refractivity contribution in [1.82, 2.24) is 5.32 Å². The molecule has 0 aliphatic carbocycles. The van der Waals surface area contributed by atoms with Gasteiger partial charge in [-0.15, -0.1) is 0 Å². The zero-order chi connectivity index (χ0) is 29.4. The van der Waals surface area contributed by atoms with Crippen LogP contribution in [0.15, 0.2) is 12.2 Å². The number of amides is 1. The first-order valence-corrected chi connectivity index (χ1v) is 17.9. The Bertz CT molecular complexity index is 536. The van der Waals surface area contributed by atoms with Crippen molar-refractivity contribution >= 4 is 5.91 Å². The predicted octanol–water partition coefficient (Wildman–Crippen LogP) is 10.3. The minimum Gasteiger partial charge on any atom is -0.394 e. The molecule has 0 spiro atoms. The van der Waals surface area contributed by atoms with Gasteiger partial charge in [-0.1, -0.05) is 161 Å². The van der Waals surface area contributed by atoms with E-state index in [0.29, 0.717) is 12.8 Å². The Labute approximate surface area is 250 Å². The lowest BCUT2D eigenvalue weighted by Crippen LogP contribution is -2.45. The van der Waals surface area contributed by atoms with Gasteiger partial charge >= 0.3 is 0 Å². The van der Waals surface area contributed by atoms with E-state index in [-0.39, 0.29) is 12.5 Å². The molecular weight excluding hydrogens is 494 g/mol. The number of nitrogens with one attached hydrogen (secondary N) is 1. The summed E-state index contributed by atoms with van der Waals surface area (Å²) in [5.41, 5.74) is 0. The Morgan fingerprint density at radius 3 is 1.38 bits per heavy atom. The highest BCUT2D eigenvalue weighted by Gasteiger charge is 2.19. The fourth-order valence-electron chi connectivity index (χ4n) is 5.47. The van der Waals surface area contributed by atoms with Crippen LogP contribution in [0, 0.1) is 0 Å². The van der Waals surface area contributed by atoms with Gasteiger partial charge in [0.2, 0.25) is 5.91 Å². The topological polar surface area (TPSA) is 69.6 Å². The van der Waals surface area contributed by atoms with E-state index in [1.165, 1.54) is 141 Å². The van der Waals surface area contributed by atoms with Gasteiger partial charge in [0.15, 0.2) is 0 Å². The molecule has 0 bridgehead atoms. The molecule has 238 valence electrons. The van der Waals surface area contributed by atoms with Crippen molar-refractivity contribution in [2.45, 2.75) is 206 Å². The first kappa shape index (κ1) is 39.1. The Balaban J connectivity index is 3.55. The lowest BCUT2D eigenvalue weighted by atomic mass is 10.0. The molecule has 4 heteroatoms. The summed E-state index contributed by atoms with van der Waals surface area (Å²) in [4.78, 5) is 12.3. The van der Waals surface area contributed by atoms with E-state index in [2.05, 4.69) is 31.3 Å². The van der Waals surface area contributed by atoms with Crippen LogP contribution in [-0.2, 0) is 4.79 Å². The quantitative estimate of drug-likeness (QED) is 0.0561. The molecule has 40 heavy (non-hydrogen) atoms. The van der Waals surface area contributed by atoms with Crippen molar-refractivity contribution in [2.24, 2.45) is 0 Å². The van der Waals surface area contributed by atoms with Crippen LogP contribution in [0.1, 0.15) is 194 Å². The van der Waals surface area contributed by atoms with E-state index in [0.717, 1.165) is 25.7 Å². The summed E-state index contributed by atoms with van der Waals surface area (Å²) in [6.07, 6.45) is 38.3. The van der Waals surface area contributed by atoms with Crippen LogP contribution in [0.4, 0.5) is 0 Å². The van der Waals surface area contributed by atoms with Crippen molar-refractivity contribution in [2.75, 3.05) is 6.61 Å². The molecule has 0 saturated carbocycles. The minimum absolute atomic E-state index is 0.0372. The fraction of sp³-hybridized carbons (Fsp3) is 0.917. The highest BCUT2D eigenvalue weighted by Crippen LogP contribution is 2.14. The molecule has 0 fully saturated rings. The highest BCUT2D eigenvalue weighted by atomic mass is 16.3. The first-order chi connectivity index (χ1) is 19.7. The van der Waals surface area contributed by atoms with E-state index >= 15 is 0 Å². The molecule has 0 aromatic carbocycles. The van der Waals surface area contributed by atoms with Gasteiger partial charge in [-0.3, -0.25) is 4.79 Å². The van der Waals surface area contributed by atoms with Crippen molar-refractivity contribution in [3.05, 3.63) is 12.2 Å². The number of hydrogen-bond acceptors (Lipinski definition) is 3. The molecule has 0 rings (SSSR count). The molecule has 0 aliphatic heterocycles. The monoisotopic (exact) mass is 566 g/mol. The van der Waals surface area contributed by atoms with E-state index < -0.39 is 12.1 Å². The lowest BCUT2D eigenvalue weighted by molar-refractivity contribution is -0.123. The zero-order valence-electron chi connectivity index (χ0n) is 27.1. The largest absolute Gasteiger partial charge is 0.394 e. The highest BCUT2D eigenvalue weighted by molar-refractivity contribution is 5.76. The average Bonchev–Trinajstić information content (AvgIpc) is 2.96. The molecule has 2 atom stereocenters. The maximum absolute atomic E-state index is 12.3. The van der Waals surface area contributed by atoms with Gasteiger partial charge in [-0.2, -0.15) is 0 Å². The number of carbonyl (C=O) groups excluding carboxylic acids is 1. The third-order valence-electron chi connectivity index (χ3n) is 8.28. The molecule has 0 unspecified atom stereocenters. The van der Waals surface area contributed by atoms with Crippen LogP contribution in [0.25, 0.3) is 0 Å². The SMILES string of the molecule is CCCCCCCC/C=C/CCCCCCCCCC(=O)N[C@@H](CO)[C@H](O)CCCCCCCCCCCCC. The Kier molecular flexibility index (Phi) is 31.9.